The third-order valence-electron chi connectivity index (χ3n) is 3.93. The van der Waals surface area contributed by atoms with Crippen molar-refractivity contribution in [3.8, 4) is 0 Å². The highest BCUT2D eigenvalue weighted by Crippen LogP contribution is 2.17. The fourth-order valence-electron chi connectivity index (χ4n) is 2.50. The van der Waals surface area contributed by atoms with Gasteiger partial charge >= 0.3 is 5.97 Å². The van der Waals surface area contributed by atoms with Crippen LogP contribution in [0.5, 0.6) is 0 Å². The summed E-state index contributed by atoms with van der Waals surface area (Å²) in [6.45, 7) is 2.02. The number of hydrogen-bond acceptors (Lipinski definition) is 5. The summed E-state index contributed by atoms with van der Waals surface area (Å²) in [5.41, 5.74) is 6.80. The Kier molecular flexibility index (Phi) is 8.51. The minimum Gasteiger partial charge on any atom is -0.469 e. The molecule has 5 nitrogen and oxygen atoms in total. The summed E-state index contributed by atoms with van der Waals surface area (Å²) in [6.07, 6.45) is 1.50. The zero-order valence-corrected chi connectivity index (χ0v) is 13.9. The average Bonchev–Trinajstić information content (AvgIpc) is 2.58. The fourth-order valence-corrected chi connectivity index (χ4v) is 2.50. The van der Waals surface area contributed by atoms with E-state index in [0.717, 1.165) is 18.4 Å². The van der Waals surface area contributed by atoms with Gasteiger partial charge in [0.1, 0.15) is 6.10 Å². The number of esters is 1. The highest BCUT2D eigenvalue weighted by Gasteiger charge is 2.29. The number of unbranched alkanes of at least 4 members (excludes halogenated alkanes) is 1. The maximum atomic E-state index is 12.2. The van der Waals surface area contributed by atoms with E-state index < -0.39 is 29.8 Å². The van der Waals surface area contributed by atoms with Gasteiger partial charge in [0, 0.05) is 12.5 Å². The van der Waals surface area contributed by atoms with E-state index in [9.17, 15) is 14.7 Å². The Morgan fingerprint density at radius 1 is 1.26 bits per heavy atom. The molecule has 0 saturated carbocycles. The van der Waals surface area contributed by atoms with Gasteiger partial charge in [-0.15, -0.1) is 0 Å². The maximum Gasteiger partial charge on any atom is 0.309 e. The molecule has 1 rings (SSSR count). The van der Waals surface area contributed by atoms with E-state index in [1.165, 1.54) is 7.11 Å². The van der Waals surface area contributed by atoms with Gasteiger partial charge in [-0.05, 0) is 18.4 Å². The van der Waals surface area contributed by atoms with Crippen LogP contribution >= 0.6 is 0 Å². The van der Waals surface area contributed by atoms with E-state index in [-0.39, 0.29) is 6.42 Å². The summed E-state index contributed by atoms with van der Waals surface area (Å²) < 4.78 is 4.79. The van der Waals surface area contributed by atoms with Gasteiger partial charge in [-0.25, -0.2) is 0 Å². The number of nitrogens with two attached hydrogens (primary N) is 1. The molecule has 23 heavy (non-hydrogen) atoms. The number of carbonyl (C=O) groups is 2. The summed E-state index contributed by atoms with van der Waals surface area (Å²) in [4.78, 5) is 24.2. The molecule has 0 aliphatic heterocycles. The van der Waals surface area contributed by atoms with Crippen LogP contribution in [0.1, 0.15) is 38.2 Å². The second-order valence-electron chi connectivity index (χ2n) is 5.83. The Morgan fingerprint density at radius 2 is 1.91 bits per heavy atom. The molecule has 0 saturated heterocycles. The van der Waals surface area contributed by atoms with Gasteiger partial charge in [0.05, 0.1) is 13.0 Å². The van der Waals surface area contributed by atoms with Gasteiger partial charge in [-0.2, -0.15) is 0 Å². The number of aliphatic hydroxyl groups excluding tert-OH is 1. The monoisotopic (exact) mass is 321 g/mol. The summed E-state index contributed by atoms with van der Waals surface area (Å²) >= 11 is 0. The van der Waals surface area contributed by atoms with Crippen LogP contribution in [-0.2, 0) is 20.7 Å². The first-order valence-electron chi connectivity index (χ1n) is 8.07. The molecule has 5 heteroatoms. The predicted molar refractivity (Wildman–Crippen MR) is 88.8 cm³/mol. The smallest absolute Gasteiger partial charge is 0.309 e. The minimum absolute atomic E-state index is 0.0669. The summed E-state index contributed by atoms with van der Waals surface area (Å²) in [5.74, 6) is -1.46. The molecule has 3 atom stereocenters. The lowest BCUT2D eigenvalue weighted by Gasteiger charge is -2.20. The normalized spacial score (nSPS) is 14.8. The number of rotatable bonds is 10. The van der Waals surface area contributed by atoms with Crippen LogP contribution in [0, 0.1) is 5.92 Å². The van der Waals surface area contributed by atoms with Crippen molar-refractivity contribution in [2.75, 3.05) is 7.11 Å². The van der Waals surface area contributed by atoms with E-state index in [2.05, 4.69) is 0 Å². The molecule has 0 heterocycles. The van der Waals surface area contributed by atoms with E-state index in [0.29, 0.717) is 12.8 Å². The molecule has 3 N–H and O–H groups in total. The van der Waals surface area contributed by atoms with Crippen molar-refractivity contribution in [3.63, 3.8) is 0 Å². The fraction of sp³-hybridized carbons (Fsp3) is 0.556. The number of ketones is 1. The number of ether oxygens (including phenoxy) is 1. The summed E-state index contributed by atoms with van der Waals surface area (Å²) in [5, 5.41) is 10.1. The van der Waals surface area contributed by atoms with Crippen LogP contribution in [0.4, 0.5) is 0 Å². The third-order valence-corrected chi connectivity index (χ3v) is 3.93. The second kappa shape index (κ2) is 10.1. The predicted octanol–water partition coefficient (Wildman–Crippen LogP) is 1.86. The van der Waals surface area contributed by atoms with Crippen LogP contribution in [-0.4, -0.2) is 36.1 Å². The number of hydrogen-bond donors (Lipinski definition) is 2. The lowest BCUT2D eigenvalue weighted by Crippen LogP contribution is -2.41. The van der Waals surface area contributed by atoms with Gasteiger partial charge in [-0.1, -0.05) is 50.1 Å². The molecular weight excluding hydrogens is 294 g/mol. The molecule has 0 aliphatic carbocycles. The first kappa shape index (κ1) is 19.3. The van der Waals surface area contributed by atoms with Crippen LogP contribution in [0.3, 0.4) is 0 Å². The third kappa shape index (κ3) is 6.50. The van der Waals surface area contributed by atoms with E-state index in [1.54, 1.807) is 0 Å². The number of Topliss-reactive ketones (excluding diaryl/α,β-unsaturated/α-hetero) is 1. The van der Waals surface area contributed by atoms with Gasteiger partial charge in [0.25, 0.3) is 0 Å². The van der Waals surface area contributed by atoms with E-state index >= 15 is 0 Å². The summed E-state index contributed by atoms with van der Waals surface area (Å²) in [6, 6.07) is 8.84. The van der Waals surface area contributed by atoms with Crippen LogP contribution in [0.2, 0.25) is 0 Å². The molecular formula is C18H27NO4. The Labute approximate surface area is 137 Å². The SMILES string of the molecule is CCCC[C@H](N)[C@H](O)C(=O)C[C@@H](Cc1ccccc1)C(=O)OC. The Balaban J connectivity index is 2.69. The Morgan fingerprint density at radius 3 is 2.48 bits per heavy atom. The lowest BCUT2D eigenvalue weighted by molar-refractivity contribution is -0.148. The van der Waals surface area contributed by atoms with Crippen molar-refractivity contribution >= 4 is 11.8 Å². The van der Waals surface area contributed by atoms with Crippen molar-refractivity contribution in [2.24, 2.45) is 11.7 Å². The van der Waals surface area contributed by atoms with Gasteiger partial charge in [0.15, 0.2) is 5.78 Å². The van der Waals surface area contributed by atoms with E-state index in [4.69, 9.17) is 10.5 Å². The van der Waals surface area contributed by atoms with Gasteiger partial charge in [0.2, 0.25) is 0 Å². The number of benzene rings is 1. The molecule has 0 bridgehead atoms. The number of methoxy groups -OCH3 is 1. The summed E-state index contributed by atoms with van der Waals surface area (Å²) in [7, 11) is 1.30. The first-order valence-corrected chi connectivity index (χ1v) is 8.07. The highest BCUT2D eigenvalue weighted by molar-refractivity contribution is 5.88. The molecule has 128 valence electrons. The molecule has 1 aromatic carbocycles. The maximum absolute atomic E-state index is 12.2. The zero-order chi connectivity index (χ0) is 17.2. The van der Waals surface area contributed by atoms with Crippen molar-refractivity contribution < 1.29 is 19.4 Å². The molecule has 0 aliphatic rings. The van der Waals surface area contributed by atoms with Crippen molar-refractivity contribution in [1.82, 2.24) is 0 Å². The molecule has 0 fully saturated rings. The average molecular weight is 321 g/mol. The zero-order valence-electron chi connectivity index (χ0n) is 13.9. The molecule has 1 aromatic rings. The lowest BCUT2D eigenvalue weighted by atomic mass is 9.90. The second-order valence-corrected chi connectivity index (χ2v) is 5.83. The topological polar surface area (TPSA) is 89.6 Å². The molecule has 0 aromatic heterocycles. The number of aliphatic hydroxyl groups is 1. The number of carbonyl (C=O) groups excluding carboxylic acids is 2. The first-order chi connectivity index (χ1) is 11.0. The Bertz CT molecular complexity index is 489. The molecule has 0 amide bonds. The quantitative estimate of drug-likeness (QED) is 0.642. The minimum atomic E-state index is -1.23. The van der Waals surface area contributed by atoms with Gasteiger partial charge in [-0.3, -0.25) is 9.59 Å². The molecule has 0 unspecified atom stereocenters. The van der Waals surface area contributed by atoms with Crippen LogP contribution in [0.25, 0.3) is 0 Å². The highest BCUT2D eigenvalue weighted by atomic mass is 16.5. The van der Waals surface area contributed by atoms with Crippen molar-refractivity contribution in [3.05, 3.63) is 35.9 Å². The molecule has 0 spiro atoms. The van der Waals surface area contributed by atoms with Gasteiger partial charge < -0.3 is 15.6 Å². The van der Waals surface area contributed by atoms with Crippen LogP contribution in [0.15, 0.2) is 30.3 Å². The van der Waals surface area contributed by atoms with E-state index in [1.807, 2.05) is 37.3 Å². The van der Waals surface area contributed by atoms with Crippen LogP contribution < -0.4 is 5.73 Å². The van der Waals surface area contributed by atoms with Crippen molar-refractivity contribution in [2.45, 2.75) is 51.2 Å². The largest absolute Gasteiger partial charge is 0.469 e. The standard InChI is InChI=1S/C18H27NO4/c1-3-4-10-15(19)17(21)16(20)12-14(18(22)23-2)11-13-8-6-5-7-9-13/h5-9,14-15,17,21H,3-4,10-12,19H2,1-2H3/t14-,15+,17+/m1/s1. The van der Waals surface area contributed by atoms with Crippen molar-refractivity contribution in [1.29, 1.82) is 0 Å². The Hall–Kier alpha value is -1.72. The molecule has 0 radical (unpaired) electrons.